The molecule has 0 bridgehead atoms. The maximum Gasteiger partial charge on any atom is 0.160 e. The van der Waals surface area contributed by atoms with Crippen LogP contribution in [0.2, 0.25) is 0 Å². The van der Waals surface area contributed by atoms with Crippen LogP contribution >= 0.6 is 0 Å². The Bertz CT molecular complexity index is 2660. The van der Waals surface area contributed by atoms with E-state index in [9.17, 15) is 0 Å². The summed E-state index contributed by atoms with van der Waals surface area (Å²) in [5, 5.41) is 2.14. The van der Waals surface area contributed by atoms with Gasteiger partial charge in [-0.3, -0.25) is 4.98 Å². The molecule has 0 N–H and O–H groups in total. The molecule has 53 heavy (non-hydrogen) atoms. The maximum absolute atomic E-state index is 5.27. The molecule has 4 nitrogen and oxygen atoms in total. The van der Waals surface area contributed by atoms with Crippen molar-refractivity contribution < 1.29 is 0 Å². The largest absolute Gasteiger partial charge is 0.251 e. The Kier molecular flexibility index (Phi) is 9.34. The number of pyridine rings is 2. The number of aryl methyl sites for hydroxylation is 1. The second-order valence-electron chi connectivity index (χ2n) is 13.1. The highest BCUT2D eigenvalue weighted by molar-refractivity contribution is 6.07. The van der Waals surface area contributed by atoms with Crippen molar-refractivity contribution in [3.63, 3.8) is 0 Å². The van der Waals surface area contributed by atoms with Crippen LogP contribution in [0, 0.1) is 0 Å². The Labute approximate surface area is 310 Å². The highest BCUT2D eigenvalue weighted by Gasteiger charge is 2.15. The van der Waals surface area contributed by atoms with Crippen LogP contribution in [0.1, 0.15) is 25.1 Å². The second kappa shape index (κ2) is 14.8. The first-order valence-electron chi connectivity index (χ1n) is 18.0. The van der Waals surface area contributed by atoms with Gasteiger partial charge < -0.3 is 0 Å². The van der Waals surface area contributed by atoms with Crippen LogP contribution in [0.4, 0.5) is 0 Å². The minimum atomic E-state index is 0.660. The van der Waals surface area contributed by atoms with E-state index in [1.165, 1.54) is 11.1 Å². The average molecular weight is 683 g/mol. The molecule has 3 aromatic heterocycles. The molecule has 5 aromatic carbocycles. The number of hydrogen-bond acceptors (Lipinski definition) is 4. The minimum absolute atomic E-state index is 0.660. The molecular formula is C49H38N4. The van der Waals surface area contributed by atoms with E-state index in [1.54, 1.807) is 6.08 Å². The molecule has 254 valence electrons. The molecule has 0 unspecified atom stereocenters. The first-order valence-corrected chi connectivity index (χ1v) is 18.0. The van der Waals surface area contributed by atoms with E-state index in [4.69, 9.17) is 19.9 Å². The van der Waals surface area contributed by atoms with Crippen molar-refractivity contribution in [2.45, 2.75) is 20.3 Å². The van der Waals surface area contributed by atoms with Gasteiger partial charge >= 0.3 is 0 Å². The number of hydrogen-bond donors (Lipinski definition) is 0. The molecule has 0 amide bonds. The Balaban J connectivity index is 1.22. The standard InChI is InChI=1S/C49H38N4/c1-4-6-9-15-33(3)43-31-41(5-2)50-48-42(43)28-26-38-27-29-44(51-47(38)48)39-20-14-21-40(30-39)49-52-45(36-18-12-8-13-19-36)32-46(53-49)37-24-22-35(23-25-37)34-16-10-7-11-17-34/h4,6-32H,1,5H2,2-3H3/b9-6-,33-15+. The van der Waals surface area contributed by atoms with Crippen molar-refractivity contribution in [2.75, 3.05) is 0 Å². The van der Waals surface area contributed by atoms with E-state index in [2.05, 4.69) is 148 Å². The Hall–Kier alpha value is -6.78. The highest BCUT2D eigenvalue weighted by atomic mass is 14.9. The van der Waals surface area contributed by atoms with E-state index in [-0.39, 0.29) is 0 Å². The van der Waals surface area contributed by atoms with Crippen LogP contribution in [0.15, 0.2) is 176 Å². The zero-order valence-corrected chi connectivity index (χ0v) is 29.9. The zero-order chi connectivity index (χ0) is 36.1. The number of benzene rings is 5. The summed E-state index contributed by atoms with van der Waals surface area (Å²) in [6.45, 7) is 8.08. The topological polar surface area (TPSA) is 51.6 Å². The summed E-state index contributed by atoms with van der Waals surface area (Å²) in [6, 6.07) is 50.5. The van der Waals surface area contributed by atoms with Crippen molar-refractivity contribution in [3.05, 3.63) is 188 Å². The lowest BCUT2D eigenvalue weighted by atomic mass is 9.98. The minimum Gasteiger partial charge on any atom is -0.251 e. The molecule has 3 heterocycles. The lowest BCUT2D eigenvalue weighted by Gasteiger charge is -2.13. The molecule has 8 aromatic rings. The van der Waals surface area contributed by atoms with Gasteiger partial charge in [0.15, 0.2) is 5.82 Å². The fraction of sp³-hybridized carbons (Fsp3) is 0.0612. The van der Waals surface area contributed by atoms with Crippen LogP contribution in [-0.4, -0.2) is 19.9 Å². The summed E-state index contributed by atoms with van der Waals surface area (Å²) in [5.41, 5.74) is 14.1. The van der Waals surface area contributed by atoms with Crippen molar-refractivity contribution >= 4 is 27.4 Å². The number of fused-ring (bicyclic) bond motifs is 3. The van der Waals surface area contributed by atoms with Gasteiger partial charge in [0, 0.05) is 38.7 Å². The van der Waals surface area contributed by atoms with E-state index in [1.807, 2.05) is 36.4 Å². The van der Waals surface area contributed by atoms with Crippen LogP contribution in [0.3, 0.4) is 0 Å². The van der Waals surface area contributed by atoms with Gasteiger partial charge in [0.2, 0.25) is 0 Å². The molecule has 0 aliphatic carbocycles. The third-order valence-corrected chi connectivity index (χ3v) is 9.57. The van der Waals surface area contributed by atoms with Gasteiger partial charge in [-0.05, 0) is 59.9 Å². The molecule has 0 aliphatic heterocycles. The molecule has 0 atom stereocenters. The molecular weight excluding hydrogens is 645 g/mol. The normalized spacial score (nSPS) is 11.8. The third kappa shape index (κ3) is 6.95. The van der Waals surface area contributed by atoms with Crippen molar-refractivity contribution in [1.82, 2.24) is 19.9 Å². The highest BCUT2D eigenvalue weighted by Crippen LogP contribution is 2.34. The first kappa shape index (κ1) is 33.4. The van der Waals surface area contributed by atoms with Gasteiger partial charge in [0.25, 0.3) is 0 Å². The summed E-state index contributed by atoms with van der Waals surface area (Å²) in [7, 11) is 0. The second-order valence-corrected chi connectivity index (χ2v) is 13.1. The van der Waals surface area contributed by atoms with E-state index < -0.39 is 0 Å². The van der Waals surface area contributed by atoms with Gasteiger partial charge in [-0.15, -0.1) is 0 Å². The maximum atomic E-state index is 5.27. The van der Waals surface area contributed by atoms with Gasteiger partial charge in [-0.2, -0.15) is 0 Å². The molecule has 0 aliphatic rings. The van der Waals surface area contributed by atoms with E-state index in [0.717, 1.165) is 84.4 Å². The van der Waals surface area contributed by atoms with Crippen LogP contribution < -0.4 is 0 Å². The molecule has 8 rings (SSSR count). The zero-order valence-electron chi connectivity index (χ0n) is 29.9. The molecule has 0 saturated heterocycles. The molecule has 0 radical (unpaired) electrons. The molecule has 0 spiro atoms. The van der Waals surface area contributed by atoms with Crippen LogP contribution in [0.5, 0.6) is 0 Å². The van der Waals surface area contributed by atoms with Gasteiger partial charge in [0.1, 0.15) is 0 Å². The smallest absolute Gasteiger partial charge is 0.160 e. The van der Waals surface area contributed by atoms with Gasteiger partial charge in [-0.25, -0.2) is 15.0 Å². The summed E-state index contributed by atoms with van der Waals surface area (Å²) >= 11 is 0. The Morgan fingerprint density at radius 3 is 1.87 bits per heavy atom. The summed E-state index contributed by atoms with van der Waals surface area (Å²) < 4.78 is 0. The lowest BCUT2D eigenvalue weighted by molar-refractivity contribution is 1.06. The molecule has 0 saturated carbocycles. The lowest BCUT2D eigenvalue weighted by Crippen LogP contribution is -1.97. The average Bonchev–Trinajstić information content (AvgIpc) is 3.23. The Morgan fingerprint density at radius 1 is 0.528 bits per heavy atom. The predicted molar refractivity (Wildman–Crippen MR) is 222 cm³/mol. The number of allylic oxidation sites excluding steroid dienone is 5. The summed E-state index contributed by atoms with van der Waals surface area (Å²) in [6.07, 6.45) is 8.70. The van der Waals surface area contributed by atoms with Crippen molar-refractivity contribution in [3.8, 4) is 56.3 Å². The Morgan fingerprint density at radius 2 is 1.15 bits per heavy atom. The quantitative estimate of drug-likeness (QED) is 0.112. The van der Waals surface area contributed by atoms with E-state index >= 15 is 0 Å². The monoisotopic (exact) mass is 682 g/mol. The third-order valence-electron chi connectivity index (χ3n) is 9.57. The number of rotatable bonds is 9. The fourth-order valence-electron chi connectivity index (χ4n) is 6.72. The summed E-state index contributed by atoms with van der Waals surface area (Å²) in [5.74, 6) is 0.660. The molecule has 0 fully saturated rings. The summed E-state index contributed by atoms with van der Waals surface area (Å²) in [4.78, 5) is 20.6. The predicted octanol–water partition coefficient (Wildman–Crippen LogP) is 12.6. The SMILES string of the molecule is C=C/C=C\C=C(/C)c1cc(CC)nc2c1ccc1ccc(-c3cccc(-c4nc(-c5ccccc5)cc(-c5ccc(-c6ccccc6)cc5)n4)c3)nc12. The van der Waals surface area contributed by atoms with Gasteiger partial charge in [-0.1, -0.05) is 159 Å². The van der Waals surface area contributed by atoms with Crippen LogP contribution in [0.25, 0.3) is 83.7 Å². The number of aromatic nitrogens is 4. The van der Waals surface area contributed by atoms with Gasteiger partial charge in [0.05, 0.1) is 28.1 Å². The molecule has 4 heteroatoms. The van der Waals surface area contributed by atoms with Crippen molar-refractivity contribution in [1.29, 1.82) is 0 Å². The van der Waals surface area contributed by atoms with Crippen LogP contribution in [-0.2, 0) is 6.42 Å². The van der Waals surface area contributed by atoms with E-state index in [0.29, 0.717) is 5.82 Å². The first-order chi connectivity index (χ1) is 26.1. The fourth-order valence-corrected chi connectivity index (χ4v) is 6.72. The number of nitrogens with zero attached hydrogens (tertiary/aromatic N) is 4. The van der Waals surface area contributed by atoms with Crippen molar-refractivity contribution in [2.24, 2.45) is 0 Å².